The summed E-state index contributed by atoms with van der Waals surface area (Å²) in [5.41, 5.74) is 2.41. The Balaban J connectivity index is 2.34. The molecule has 4 heteroatoms. The van der Waals surface area contributed by atoms with E-state index in [0.29, 0.717) is 0 Å². The molecule has 1 heterocycles. The van der Waals surface area contributed by atoms with Crippen LogP contribution in [0.1, 0.15) is 28.3 Å². The summed E-state index contributed by atoms with van der Waals surface area (Å²) in [5.74, 6) is 0.824. The van der Waals surface area contributed by atoms with Crippen LogP contribution in [0.5, 0.6) is 5.75 Å². The predicted octanol–water partition coefficient (Wildman–Crippen LogP) is 5.41. The molecule has 1 aromatic carbocycles. The van der Waals surface area contributed by atoms with Crippen molar-refractivity contribution in [3.8, 4) is 5.75 Å². The third-order valence-corrected chi connectivity index (χ3v) is 5.10. The molecule has 18 heavy (non-hydrogen) atoms. The Hall–Kier alpha value is -0.510. The highest BCUT2D eigenvalue weighted by atomic mass is 79.9. The summed E-state index contributed by atoms with van der Waals surface area (Å²) in [5, 5.41) is 2.00. The van der Waals surface area contributed by atoms with Crippen LogP contribution >= 0.6 is 38.9 Å². The Morgan fingerprint density at radius 2 is 2.17 bits per heavy atom. The minimum Gasteiger partial charge on any atom is -0.496 e. The molecule has 1 unspecified atom stereocenters. The molecule has 0 spiro atoms. The van der Waals surface area contributed by atoms with Crippen LogP contribution in [0, 0.1) is 0 Å². The Labute approximate surface area is 125 Å². The van der Waals surface area contributed by atoms with Gasteiger partial charge >= 0.3 is 0 Å². The van der Waals surface area contributed by atoms with E-state index in [1.807, 2.05) is 18.2 Å². The van der Waals surface area contributed by atoms with E-state index in [4.69, 9.17) is 16.3 Å². The highest BCUT2D eigenvalue weighted by molar-refractivity contribution is 9.10. The van der Waals surface area contributed by atoms with Crippen LogP contribution < -0.4 is 4.74 Å². The summed E-state index contributed by atoms with van der Waals surface area (Å²) in [6.45, 7) is 2.15. The summed E-state index contributed by atoms with van der Waals surface area (Å²) in [7, 11) is 1.66. The molecule has 0 aliphatic rings. The number of halogens is 2. The normalized spacial score (nSPS) is 12.4. The van der Waals surface area contributed by atoms with E-state index in [-0.39, 0.29) is 5.38 Å². The molecule has 0 aliphatic heterocycles. The van der Waals surface area contributed by atoms with Gasteiger partial charge in [0, 0.05) is 4.88 Å². The second-order valence-corrected chi connectivity index (χ2v) is 6.16. The number of benzene rings is 1. The molecular weight excluding hydrogens is 332 g/mol. The lowest BCUT2D eigenvalue weighted by molar-refractivity contribution is 0.412. The number of ether oxygens (including phenoxy) is 1. The van der Waals surface area contributed by atoms with Crippen molar-refractivity contribution in [1.82, 2.24) is 0 Å². The minimum atomic E-state index is -0.0952. The largest absolute Gasteiger partial charge is 0.496 e. The number of alkyl halides is 1. The fourth-order valence-corrected chi connectivity index (χ4v) is 3.84. The molecule has 96 valence electrons. The highest BCUT2D eigenvalue weighted by Gasteiger charge is 2.16. The summed E-state index contributed by atoms with van der Waals surface area (Å²) >= 11 is 11.8. The van der Waals surface area contributed by atoms with Crippen molar-refractivity contribution in [3.05, 3.63) is 50.1 Å². The predicted molar refractivity (Wildman–Crippen MR) is 82.1 cm³/mol. The minimum absolute atomic E-state index is 0.0952. The van der Waals surface area contributed by atoms with Gasteiger partial charge in [0.05, 0.1) is 17.0 Å². The van der Waals surface area contributed by atoms with Crippen LogP contribution in [-0.4, -0.2) is 7.11 Å². The third-order valence-electron chi connectivity index (χ3n) is 2.86. The van der Waals surface area contributed by atoms with Crippen molar-refractivity contribution in [2.24, 2.45) is 0 Å². The van der Waals surface area contributed by atoms with Gasteiger partial charge in [-0.3, -0.25) is 0 Å². The third kappa shape index (κ3) is 2.73. The van der Waals surface area contributed by atoms with Gasteiger partial charge in [0.2, 0.25) is 0 Å². The Morgan fingerprint density at radius 1 is 1.39 bits per heavy atom. The molecule has 0 amide bonds. The first-order chi connectivity index (χ1) is 8.67. The number of hydrogen-bond donors (Lipinski definition) is 0. The summed E-state index contributed by atoms with van der Waals surface area (Å²) < 4.78 is 6.16. The van der Waals surface area contributed by atoms with Crippen molar-refractivity contribution in [1.29, 1.82) is 0 Å². The van der Waals surface area contributed by atoms with Gasteiger partial charge in [0.15, 0.2) is 0 Å². The van der Waals surface area contributed by atoms with Crippen molar-refractivity contribution in [2.75, 3.05) is 7.11 Å². The zero-order chi connectivity index (χ0) is 13.1. The maximum absolute atomic E-state index is 6.57. The van der Waals surface area contributed by atoms with Gasteiger partial charge in [0.1, 0.15) is 5.75 Å². The van der Waals surface area contributed by atoms with Crippen LogP contribution in [0.2, 0.25) is 0 Å². The van der Waals surface area contributed by atoms with E-state index in [0.717, 1.165) is 22.2 Å². The average Bonchev–Trinajstić information content (AvgIpc) is 2.86. The molecule has 0 bridgehead atoms. The van der Waals surface area contributed by atoms with Crippen LogP contribution in [0.3, 0.4) is 0 Å². The topological polar surface area (TPSA) is 9.23 Å². The highest BCUT2D eigenvalue weighted by Crippen LogP contribution is 2.37. The monoisotopic (exact) mass is 344 g/mol. The van der Waals surface area contributed by atoms with Gasteiger partial charge in [-0.15, -0.1) is 22.9 Å². The number of aryl methyl sites for hydroxylation is 1. The smallest absolute Gasteiger partial charge is 0.133 e. The molecule has 0 fully saturated rings. The summed E-state index contributed by atoms with van der Waals surface area (Å²) in [6, 6.07) is 8.12. The number of methoxy groups -OCH3 is 1. The van der Waals surface area contributed by atoms with Gasteiger partial charge < -0.3 is 4.74 Å². The first-order valence-electron chi connectivity index (χ1n) is 5.71. The fourth-order valence-electron chi connectivity index (χ4n) is 1.85. The summed E-state index contributed by atoms with van der Waals surface area (Å²) in [6.07, 6.45) is 1.01. The molecule has 1 aromatic heterocycles. The van der Waals surface area contributed by atoms with E-state index < -0.39 is 0 Å². The van der Waals surface area contributed by atoms with Crippen molar-refractivity contribution >= 4 is 38.9 Å². The number of hydrogen-bond acceptors (Lipinski definition) is 2. The van der Waals surface area contributed by atoms with Crippen LogP contribution in [0.15, 0.2) is 34.1 Å². The SMILES string of the molecule is CCc1ccsc1C(Cl)c1ccc(OC)c(Br)c1. The average molecular weight is 346 g/mol. The van der Waals surface area contributed by atoms with Gasteiger partial charge in [0.25, 0.3) is 0 Å². The molecule has 1 atom stereocenters. The Morgan fingerprint density at radius 3 is 2.78 bits per heavy atom. The van der Waals surface area contributed by atoms with Gasteiger partial charge in [-0.25, -0.2) is 0 Å². The second kappa shape index (κ2) is 6.09. The van der Waals surface area contributed by atoms with E-state index in [9.17, 15) is 0 Å². The first kappa shape index (κ1) is 13.9. The molecule has 0 N–H and O–H groups in total. The van der Waals surface area contributed by atoms with Crippen LogP contribution in [0.25, 0.3) is 0 Å². The standard InChI is InChI=1S/C14H14BrClOS/c1-3-9-6-7-18-14(9)13(16)10-4-5-12(17-2)11(15)8-10/h4-8,13H,3H2,1-2H3. The van der Waals surface area contributed by atoms with Crippen LogP contribution in [0.4, 0.5) is 0 Å². The summed E-state index contributed by atoms with van der Waals surface area (Å²) in [4.78, 5) is 1.23. The maximum atomic E-state index is 6.57. The van der Waals surface area contributed by atoms with E-state index in [1.165, 1.54) is 10.4 Å². The molecular formula is C14H14BrClOS. The lowest BCUT2D eigenvalue weighted by atomic mass is 10.1. The van der Waals surface area contributed by atoms with E-state index in [1.54, 1.807) is 18.4 Å². The van der Waals surface area contributed by atoms with E-state index >= 15 is 0 Å². The van der Waals surface area contributed by atoms with Crippen molar-refractivity contribution in [2.45, 2.75) is 18.7 Å². The second-order valence-electron chi connectivity index (χ2n) is 3.92. The van der Waals surface area contributed by atoms with Gasteiger partial charge in [-0.05, 0) is 57.1 Å². The fraction of sp³-hybridized carbons (Fsp3) is 0.286. The van der Waals surface area contributed by atoms with Crippen molar-refractivity contribution in [3.63, 3.8) is 0 Å². The zero-order valence-corrected chi connectivity index (χ0v) is 13.4. The molecule has 2 aromatic rings. The lowest BCUT2D eigenvalue weighted by Crippen LogP contribution is -1.95. The molecule has 1 nitrogen and oxygen atoms in total. The number of thiophene rings is 1. The molecule has 0 saturated heterocycles. The zero-order valence-electron chi connectivity index (χ0n) is 10.2. The molecule has 0 radical (unpaired) electrons. The quantitative estimate of drug-likeness (QED) is 0.673. The molecule has 0 saturated carbocycles. The lowest BCUT2D eigenvalue weighted by Gasteiger charge is -2.12. The van der Waals surface area contributed by atoms with Crippen LogP contribution in [-0.2, 0) is 6.42 Å². The molecule has 2 rings (SSSR count). The number of rotatable bonds is 4. The van der Waals surface area contributed by atoms with E-state index in [2.05, 4.69) is 34.3 Å². The van der Waals surface area contributed by atoms with Crippen molar-refractivity contribution < 1.29 is 4.74 Å². The maximum Gasteiger partial charge on any atom is 0.133 e. The van der Waals surface area contributed by atoms with Gasteiger partial charge in [-0.1, -0.05) is 13.0 Å². The Kier molecular flexibility index (Phi) is 4.71. The first-order valence-corrected chi connectivity index (χ1v) is 7.82. The molecule has 0 aliphatic carbocycles. The van der Waals surface area contributed by atoms with Gasteiger partial charge in [-0.2, -0.15) is 0 Å². The Bertz CT molecular complexity index is 538.